The smallest absolute Gasteiger partial charge is 0.242 e. The zero-order chi connectivity index (χ0) is 15.7. The summed E-state index contributed by atoms with van der Waals surface area (Å²) in [6.45, 7) is 7.33. The van der Waals surface area contributed by atoms with Crippen molar-refractivity contribution >= 4 is 40.0 Å². The number of aliphatic imine (C=N–C) groups is 1. The second-order valence-electron chi connectivity index (χ2n) is 4.65. The summed E-state index contributed by atoms with van der Waals surface area (Å²) in [5.41, 5.74) is 0. The molecule has 0 aliphatic heterocycles. The highest BCUT2D eigenvalue weighted by atomic mass is 127. The number of nitrogens with one attached hydrogen (secondary N) is 3. The largest absolute Gasteiger partial charge is 0.357 e. The molecule has 1 heterocycles. The average molecular weight is 441 g/mol. The van der Waals surface area contributed by atoms with Gasteiger partial charge in [-0.3, -0.25) is 9.98 Å². The minimum absolute atomic E-state index is 0. The molecule has 0 saturated carbocycles. The van der Waals surface area contributed by atoms with E-state index in [1.165, 1.54) is 18.5 Å². The molecule has 1 aromatic rings. The van der Waals surface area contributed by atoms with Crippen LogP contribution in [0.4, 0.5) is 0 Å². The van der Waals surface area contributed by atoms with Crippen LogP contribution < -0.4 is 15.4 Å². The molecule has 0 bridgehead atoms. The van der Waals surface area contributed by atoms with E-state index in [2.05, 4.69) is 25.3 Å². The SMILES string of the molecule is CCNC(=NCCNS(=O)(=O)c1cccnc1)NC(C)C.I. The Kier molecular flexibility index (Phi) is 10.3. The standard InChI is InChI=1S/C13H23N5O2S.HI/c1-4-15-13(18-11(2)3)16-8-9-17-21(19,20)12-6-5-7-14-10-12;/h5-7,10-11,17H,4,8-9H2,1-3H3,(H2,15,16,18);1H. The Morgan fingerprint density at radius 2 is 2.14 bits per heavy atom. The first-order valence-corrected chi connectivity index (χ1v) is 8.38. The number of rotatable bonds is 7. The van der Waals surface area contributed by atoms with Gasteiger partial charge >= 0.3 is 0 Å². The predicted octanol–water partition coefficient (Wildman–Crippen LogP) is 0.941. The third-order valence-corrected chi connectivity index (χ3v) is 3.83. The normalized spacial score (nSPS) is 11.9. The number of nitrogens with zero attached hydrogens (tertiary/aromatic N) is 2. The topological polar surface area (TPSA) is 95.5 Å². The first kappa shape index (κ1) is 21.1. The van der Waals surface area contributed by atoms with E-state index >= 15 is 0 Å². The lowest BCUT2D eigenvalue weighted by molar-refractivity contribution is 0.581. The Balaban J connectivity index is 0.00000441. The minimum Gasteiger partial charge on any atom is -0.357 e. The van der Waals surface area contributed by atoms with Gasteiger partial charge in [-0.05, 0) is 32.9 Å². The molecule has 0 fully saturated rings. The molecule has 126 valence electrons. The lowest BCUT2D eigenvalue weighted by Crippen LogP contribution is -2.41. The molecule has 0 saturated heterocycles. The summed E-state index contributed by atoms with van der Waals surface area (Å²) in [7, 11) is -3.52. The summed E-state index contributed by atoms with van der Waals surface area (Å²) in [6.07, 6.45) is 2.85. The van der Waals surface area contributed by atoms with Gasteiger partial charge in [-0.15, -0.1) is 24.0 Å². The van der Waals surface area contributed by atoms with Crippen molar-refractivity contribution in [2.45, 2.75) is 31.7 Å². The molecular formula is C13H24IN5O2S. The van der Waals surface area contributed by atoms with E-state index < -0.39 is 10.0 Å². The van der Waals surface area contributed by atoms with Gasteiger partial charge in [-0.1, -0.05) is 0 Å². The fraction of sp³-hybridized carbons (Fsp3) is 0.538. The minimum atomic E-state index is -3.52. The average Bonchev–Trinajstić information content (AvgIpc) is 2.44. The van der Waals surface area contributed by atoms with Crippen molar-refractivity contribution in [2.75, 3.05) is 19.6 Å². The van der Waals surface area contributed by atoms with Gasteiger partial charge in [0.2, 0.25) is 10.0 Å². The molecule has 22 heavy (non-hydrogen) atoms. The van der Waals surface area contributed by atoms with Crippen LogP contribution >= 0.6 is 24.0 Å². The van der Waals surface area contributed by atoms with Gasteiger partial charge in [-0.2, -0.15) is 0 Å². The first-order chi connectivity index (χ1) is 9.95. The van der Waals surface area contributed by atoms with Crippen molar-refractivity contribution in [2.24, 2.45) is 4.99 Å². The highest BCUT2D eigenvalue weighted by molar-refractivity contribution is 14.0. The van der Waals surface area contributed by atoms with E-state index in [0.29, 0.717) is 12.5 Å². The maximum Gasteiger partial charge on any atom is 0.242 e. The van der Waals surface area contributed by atoms with Crippen molar-refractivity contribution in [1.29, 1.82) is 0 Å². The molecule has 0 unspecified atom stereocenters. The maximum atomic E-state index is 11.9. The quantitative estimate of drug-likeness (QED) is 0.254. The monoisotopic (exact) mass is 441 g/mol. The van der Waals surface area contributed by atoms with Crippen LogP contribution in [0.2, 0.25) is 0 Å². The lowest BCUT2D eigenvalue weighted by Gasteiger charge is -2.14. The summed E-state index contributed by atoms with van der Waals surface area (Å²) in [4.78, 5) is 8.25. The maximum absolute atomic E-state index is 11.9. The van der Waals surface area contributed by atoms with Crippen LogP contribution in [0.3, 0.4) is 0 Å². The van der Waals surface area contributed by atoms with Crippen molar-refractivity contribution in [3.8, 4) is 0 Å². The van der Waals surface area contributed by atoms with Gasteiger partial charge in [0.25, 0.3) is 0 Å². The van der Waals surface area contributed by atoms with Crippen LogP contribution in [0.25, 0.3) is 0 Å². The van der Waals surface area contributed by atoms with Crippen molar-refractivity contribution in [3.63, 3.8) is 0 Å². The van der Waals surface area contributed by atoms with Crippen LogP contribution in [0, 0.1) is 0 Å². The van der Waals surface area contributed by atoms with Crippen LogP contribution in [0.1, 0.15) is 20.8 Å². The molecule has 0 radical (unpaired) electrons. The molecule has 9 heteroatoms. The number of guanidine groups is 1. The van der Waals surface area contributed by atoms with Crippen LogP contribution in [-0.4, -0.2) is 45.0 Å². The highest BCUT2D eigenvalue weighted by Gasteiger charge is 2.12. The Morgan fingerprint density at radius 3 is 2.68 bits per heavy atom. The molecular weight excluding hydrogens is 417 g/mol. The second-order valence-corrected chi connectivity index (χ2v) is 6.41. The van der Waals surface area contributed by atoms with Gasteiger partial charge in [0.05, 0.1) is 6.54 Å². The summed E-state index contributed by atoms with van der Waals surface area (Å²) in [6, 6.07) is 3.35. The van der Waals surface area contributed by atoms with Gasteiger partial charge in [0, 0.05) is 31.5 Å². The molecule has 7 nitrogen and oxygen atoms in total. The van der Waals surface area contributed by atoms with Crippen molar-refractivity contribution in [3.05, 3.63) is 24.5 Å². The van der Waals surface area contributed by atoms with E-state index in [0.717, 1.165) is 6.54 Å². The number of hydrogen-bond acceptors (Lipinski definition) is 4. The van der Waals surface area contributed by atoms with Gasteiger partial charge < -0.3 is 10.6 Å². The number of sulfonamides is 1. The number of aromatic nitrogens is 1. The number of hydrogen-bond donors (Lipinski definition) is 3. The predicted molar refractivity (Wildman–Crippen MR) is 99.1 cm³/mol. The van der Waals surface area contributed by atoms with Crippen LogP contribution in [-0.2, 0) is 10.0 Å². The second kappa shape index (κ2) is 10.7. The molecule has 0 amide bonds. The molecule has 0 aliphatic carbocycles. The molecule has 0 spiro atoms. The molecule has 0 aromatic carbocycles. The van der Waals surface area contributed by atoms with E-state index in [4.69, 9.17) is 0 Å². The van der Waals surface area contributed by atoms with Gasteiger partial charge in [-0.25, -0.2) is 13.1 Å². The first-order valence-electron chi connectivity index (χ1n) is 6.90. The molecule has 0 atom stereocenters. The third-order valence-electron chi connectivity index (χ3n) is 2.39. The Bertz CT molecular complexity index is 549. The van der Waals surface area contributed by atoms with Gasteiger partial charge in [0.15, 0.2) is 5.96 Å². The molecule has 1 aromatic heterocycles. The van der Waals surface area contributed by atoms with E-state index in [-0.39, 0.29) is 41.5 Å². The van der Waals surface area contributed by atoms with Crippen LogP contribution in [0.5, 0.6) is 0 Å². The zero-order valence-corrected chi connectivity index (χ0v) is 16.2. The number of pyridine rings is 1. The molecule has 1 rings (SSSR count). The fourth-order valence-corrected chi connectivity index (χ4v) is 2.51. The van der Waals surface area contributed by atoms with E-state index in [9.17, 15) is 8.42 Å². The molecule has 3 N–H and O–H groups in total. The summed E-state index contributed by atoms with van der Waals surface area (Å²) >= 11 is 0. The summed E-state index contributed by atoms with van der Waals surface area (Å²) in [5.74, 6) is 0.674. The third kappa shape index (κ3) is 7.90. The molecule has 0 aliphatic rings. The number of halogens is 1. The van der Waals surface area contributed by atoms with E-state index in [1.807, 2.05) is 20.8 Å². The Morgan fingerprint density at radius 1 is 1.41 bits per heavy atom. The Labute approximate surface area is 149 Å². The van der Waals surface area contributed by atoms with E-state index in [1.54, 1.807) is 6.07 Å². The van der Waals surface area contributed by atoms with Gasteiger partial charge in [0.1, 0.15) is 4.90 Å². The Hall–Kier alpha value is -0.940. The van der Waals surface area contributed by atoms with Crippen LogP contribution in [0.15, 0.2) is 34.4 Å². The van der Waals surface area contributed by atoms with Crippen molar-refractivity contribution < 1.29 is 8.42 Å². The summed E-state index contributed by atoms with van der Waals surface area (Å²) in [5, 5.41) is 6.26. The lowest BCUT2D eigenvalue weighted by atomic mass is 10.4. The summed E-state index contributed by atoms with van der Waals surface area (Å²) < 4.78 is 26.4. The highest BCUT2D eigenvalue weighted by Crippen LogP contribution is 2.04. The fourth-order valence-electron chi connectivity index (χ4n) is 1.53. The van der Waals surface area contributed by atoms with Crippen molar-refractivity contribution in [1.82, 2.24) is 20.3 Å². The zero-order valence-electron chi connectivity index (χ0n) is 13.0.